The second-order valence-electron chi connectivity index (χ2n) is 4.59. The van der Waals surface area contributed by atoms with Gasteiger partial charge in [0.15, 0.2) is 0 Å². The summed E-state index contributed by atoms with van der Waals surface area (Å²) in [7, 11) is 0. The van der Waals surface area contributed by atoms with Crippen molar-refractivity contribution in [3.05, 3.63) is 65.7 Å². The number of aldehydes is 1. The van der Waals surface area contributed by atoms with Gasteiger partial charge in [-0.05, 0) is 29.8 Å². The third kappa shape index (κ3) is 3.72. The minimum absolute atomic E-state index is 0.195. The molecule has 1 atom stereocenters. The van der Waals surface area contributed by atoms with E-state index < -0.39 is 23.6 Å². The predicted molar refractivity (Wildman–Crippen MR) is 75.3 cm³/mol. The van der Waals surface area contributed by atoms with Crippen LogP contribution in [0.5, 0.6) is 0 Å². The van der Waals surface area contributed by atoms with E-state index in [1.165, 1.54) is 0 Å². The maximum absolute atomic E-state index is 12.5. The summed E-state index contributed by atoms with van der Waals surface area (Å²) >= 11 is 0. The number of halogens is 3. The van der Waals surface area contributed by atoms with E-state index in [1.807, 2.05) is 0 Å². The van der Waals surface area contributed by atoms with Crippen LogP contribution in [-0.2, 0) is 15.8 Å². The first-order chi connectivity index (χ1) is 10.4. The molecule has 1 N–H and O–H groups in total. The van der Waals surface area contributed by atoms with E-state index in [4.69, 9.17) is 0 Å². The highest BCUT2D eigenvalue weighted by Crippen LogP contribution is 2.30. The van der Waals surface area contributed by atoms with Crippen LogP contribution in [0.25, 0.3) is 0 Å². The Morgan fingerprint density at radius 2 is 1.59 bits per heavy atom. The summed E-state index contributed by atoms with van der Waals surface area (Å²) in [5, 5.41) is 2.43. The van der Waals surface area contributed by atoms with Gasteiger partial charge in [0.25, 0.3) is 0 Å². The van der Waals surface area contributed by atoms with E-state index in [9.17, 15) is 22.8 Å². The summed E-state index contributed by atoms with van der Waals surface area (Å²) in [6.07, 6.45) is -3.94. The lowest BCUT2D eigenvalue weighted by atomic mass is 10.00. The van der Waals surface area contributed by atoms with Crippen LogP contribution in [0.15, 0.2) is 54.6 Å². The number of carbonyl (C=O) groups excluding carboxylic acids is 2. The number of carbonyl (C=O) groups is 2. The van der Waals surface area contributed by atoms with Crippen molar-refractivity contribution in [3.63, 3.8) is 0 Å². The first kappa shape index (κ1) is 15.8. The Morgan fingerprint density at radius 1 is 1.00 bits per heavy atom. The summed E-state index contributed by atoms with van der Waals surface area (Å²) in [4.78, 5) is 23.2. The molecule has 114 valence electrons. The fraction of sp³-hybridized carbons (Fsp3) is 0.125. The molecule has 2 rings (SSSR count). The van der Waals surface area contributed by atoms with Crippen molar-refractivity contribution < 1.29 is 22.8 Å². The number of nitrogens with one attached hydrogen (secondary N) is 1. The quantitative estimate of drug-likeness (QED) is 0.692. The second kappa shape index (κ2) is 6.43. The van der Waals surface area contributed by atoms with E-state index in [1.54, 1.807) is 30.3 Å². The molecule has 22 heavy (non-hydrogen) atoms. The lowest BCUT2D eigenvalue weighted by Gasteiger charge is -2.12. The normalized spacial score (nSPS) is 12.5. The van der Waals surface area contributed by atoms with Gasteiger partial charge >= 0.3 is 6.18 Å². The van der Waals surface area contributed by atoms with Crippen LogP contribution in [0.2, 0.25) is 0 Å². The van der Waals surface area contributed by atoms with Gasteiger partial charge in [0.1, 0.15) is 12.2 Å². The molecule has 0 aliphatic heterocycles. The Kier molecular flexibility index (Phi) is 4.60. The molecule has 0 radical (unpaired) electrons. The largest absolute Gasteiger partial charge is 0.416 e. The molecule has 1 unspecified atom stereocenters. The minimum Gasteiger partial charge on any atom is -0.325 e. The fourth-order valence-electron chi connectivity index (χ4n) is 1.91. The number of amides is 1. The van der Waals surface area contributed by atoms with Gasteiger partial charge in [-0.3, -0.25) is 4.79 Å². The van der Waals surface area contributed by atoms with Gasteiger partial charge in [-0.15, -0.1) is 0 Å². The zero-order valence-electron chi connectivity index (χ0n) is 11.3. The third-order valence-corrected chi connectivity index (χ3v) is 3.06. The molecule has 3 nitrogen and oxygen atoms in total. The average Bonchev–Trinajstić information content (AvgIpc) is 2.48. The molecule has 0 fully saturated rings. The second-order valence-corrected chi connectivity index (χ2v) is 4.59. The molecule has 2 aromatic rings. The summed E-state index contributed by atoms with van der Waals surface area (Å²) in [5.74, 6) is -1.61. The monoisotopic (exact) mass is 307 g/mol. The number of benzene rings is 2. The highest BCUT2D eigenvalue weighted by atomic mass is 19.4. The molecule has 0 spiro atoms. The van der Waals surface area contributed by atoms with E-state index >= 15 is 0 Å². The standard InChI is InChI=1S/C16H12F3NO2/c17-16(18,19)12-6-8-13(9-7-12)20-15(22)14(10-21)11-4-2-1-3-5-11/h1-10,14H,(H,20,22). The molecule has 0 aromatic heterocycles. The number of hydrogen-bond donors (Lipinski definition) is 1. The molecule has 0 saturated heterocycles. The fourth-order valence-corrected chi connectivity index (χ4v) is 1.91. The SMILES string of the molecule is O=CC(C(=O)Nc1ccc(C(F)(F)F)cc1)c1ccccc1. The van der Waals surface area contributed by atoms with Crippen LogP contribution in [0.1, 0.15) is 17.0 Å². The zero-order chi connectivity index (χ0) is 16.2. The smallest absolute Gasteiger partial charge is 0.325 e. The van der Waals surface area contributed by atoms with Gasteiger partial charge in [0, 0.05) is 5.69 Å². The molecule has 6 heteroatoms. The molecule has 0 aliphatic rings. The molecule has 0 saturated carbocycles. The predicted octanol–water partition coefficient (Wildman–Crippen LogP) is 3.63. The number of hydrogen-bond acceptors (Lipinski definition) is 2. The Morgan fingerprint density at radius 3 is 2.09 bits per heavy atom. The van der Waals surface area contributed by atoms with Crippen molar-refractivity contribution in [1.82, 2.24) is 0 Å². The molecule has 0 aliphatic carbocycles. The van der Waals surface area contributed by atoms with E-state index in [-0.39, 0.29) is 5.69 Å². The Hall–Kier alpha value is -2.63. The van der Waals surface area contributed by atoms with E-state index in [2.05, 4.69) is 5.32 Å². The van der Waals surface area contributed by atoms with Crippen LogP contribution >= 0.6 is 0 Å². The van der Waals surface area contributed by atoms with E-state index in [0.29, 0.717) is 11.8 Å². The first-order valence-corrected chi connectivity index (χ1v) is 6.40. The maximum Gasteiger partial charge on any atom is 0.416 e. The maximum atomic E-state index is 12.5. The Labute approximate surface area is 124 Å². The number of rotatable bonds is 4. The van der Waals surface area contributed by atoms with Crippen LogP contribution in [0.3, 0.4) is 0 Å². The van der Waals surface area contributed by atoms with Gasteiger partial charge in [0.2, 0.25) is 5.91 Å². The van der Waals surface area contributed by atoms with Crippen molar-refractivity contribution in [3.8, 4) is 0 Å². The lowest BCUT2D eigenvalue weighted by Crippen LogP contribution is -2.22. The highest BCUT2D eigenvalue weighted by Gasteiger charge is 2.30. The Balaban J connectivity index is 2.12. The summed E-state index contributed by atoms with van der Waals surface area (Å²) in [5.41, 5.74) is -0.0943. The van der Waals surface area contributed by atoms with Crippen LogP contribution in [-0.4, -0.2) is 12.2 Å². The van der Waals surface area contributed by atoms with Gasteiger partial charge in [-0.1, -0.05) is 30.3 Å². The molecule has 2 aromatic carbocycles. The summed E-state index contributed by atoms with van der Waals surface area (Å²) in [6.45, 7) is 0. The van der Waals surface area contributed by atoms with Gasteiger partial charge in [-0.25, -0.2) is 0 Å². The third-order valence-electron chi connectivity index (χ3n) is 3.06. The molecular formula is C16H12F3NO2. The molecule has 1 amide bonds. The van der Waals surface area contributed by atoms with E-state index in [0.717, 1.165) is 24.3 Å². The molecular weight excluding hydrogens is 295 g/mol. The Bertz CT molecular complexity index is 651. The average molecular weight is 307 g/mol. The first-order valence-electron chi connectivity index (χ1n) is 6.40. The lowest BCUT2D eigenvalue weighted by molar-refractivity contribution is -0.137. The summed E-state index contributed by atoms with van der Waals surface area (Å²) < 4.78 is 37.4. The molecule has 0 bridgehead atoms. The number of alkyl halides is 3. The summed E-state index contributed by atoms with van der Waals surface area (Å²) in [6, 6.07) is 12.4. The van der Waals surface area contributed by atoms with Gasteiger partial charge < -0.3 is 10.1 Å². The van der Waals surface area contributed by atoms with Crippen LogP contribution in [0.4, 0.5) is 18.9 Å². The highest BCUT2D eigenvalue weighted by molar-refractivity contribution is 6.05. The number of anilines is 1. The minimum atomic E-state index is -4.43. The van der Waals surface area contributed by atoms with Crippen molar-refractivity contribution in [2.75, 3.05) is 5.32 Å². The van der Waals surface area contributed by atoms with Crippen LogP contribution in [0, 0.1) is 0 Å². The van der Waals surface area contributed by atoms with Gasteiger partial charge in [-0.2, -0.15) is 13.2 Å². The van der Waals surface area contributed by atoms with Crippen molar-refractivity contribution >= 4 is 17.9 Å². The van der Waals surface area contributed by atoms with Crippen LogP contribution < -0.4 is 5.32 Å². The van der Waals surface area contributed by atoms with Crippen molar-refractivity contribution in [2.45, 2.75) is 12.1 Å². The zero-order valence-corrected chi connectivity index (χ0v) is 11.3. The van der Waals surface area contributed by atoms with Gasteiger partial charge in [0.05, 0.1) is 5.56 Å². The molecule has 0 heterocycles. The van der Waals surface area contributed by atoms with Crippen molar-refractivity contribution in [2.24, 2.45) is 0 Å². The topological polar surface area (TPSA) is 46.2 Å². The van der Waals surface area contributed by atoms with Crippen molar-refractivity contribution in [1.29, 1.82) is 0 Å².